The number of hydrogen-bond acceptors (Lipinski definition) is 4. The molecule has 1 aliphatic rings. The van der Waals surface area contributed by atoms with E-state index in [1.165, 1.54) is 11.3 Å². The van der Waals surface area contributed by atoms with Gasteiger partial charge in [0, 0.05) is 26.1 Å². The Hall–Kier alpha value is -1.98. The van der Waals surface area contributed by atoms with Crippen LogP contribution in [0.25, 0.3) is 0 Å². The SMILES string of the molecule is CC(C)(C)OC(=O)N(CCC(=O)N1CCCCC1)Cc1ccco1. The molecule has 0 atom stereocenters. The second kappa shape index (κ2) is 8.22. The molecule has 0 bridgehead atoms. The van der Waals surface area contributed by atoms with Gasteiger partial charge in [-0.1, -0.05) is 0 Å². The smallest absolute Gasteiger partial charge is 0.410 e. The Kier molecular flexibility index (Phi) is 6.29. The average Bonchev–Trinajstić information content (AvgIpc) is 3.03. The van der Waals surface area contributed by atoms with Gasteiger partial charge in [0.2, 0.25) is 5.91 Å². The van der Waals surface area contributed by atoms with Gasteiger partial charge in [0.25, 0.3) is 0 Å². The molecule has 1 aromatic rings. The van der Waals surface area contributed by atoms with Gasteiger partial charge in [-0.2, -0.15) is 0 Å². The number of furan rings is 1. The number of carbonyl (C=O) groups is 2. The second-order valence-corrected chi connectivity index (χ2v) is 7.17. The minimum absolute atomic E-state index is 0.0997. The summed E-state index contributed by atoms with van der Waals surface area (Å²) in [5, 5.41) is 0. The number of hydrogen-bond donors (Lipinski definition) is 0. The van der Waals surface area contributed by atoms with Crippen molar-refractivity contribution in [1.82, 2.24) is 9.80 Å². The Labute approximate surface area is 143 Å². The Morgan fingerprint density at radius 1 is 1.25 bits per heavy atom. The summed E-state index contributed by atoms with van der Waals surface area (Å²) in [6.45, 7) is 7.76. The molecule has 0 N–H and O–H groups in total. The van der Waals surface area contributed by atoms with Gasteiger partial charge in [-0.15, -0.1) is 0 Å². The van der Waals surface area contributed by atoms with Crippen molar-refractivity contribution in [3.63, 3.8) is 0 Å². The molecule has 0 aromatic carbocycles. The van der Waals surface area contributed by atoms with Crippen LogP contribution in [0.15, 0.2) is 22.8 Å². The Bertz CT molecular complexity index is 528. The molecule has 0 radical (unpaired) electrons. The third-order valence-electron chi connectivity index (χ3n) is 3.88. The summed E-state index contributed by atoms with van der Waals surface area (Å²) in [6, 6.07) is 3.59. The lowest BCUT2D eigenvalue weighted by Crippen LogP contribution is -2.40. The quantitative estimate of drug-likeness (QED) is 0.826. The van der Waals surface area contributed by atoms with Gasteiger partial charge in [0.05, 0.1) is 12.8 Å². The molecule has 0 aliphatic carbocycles. The van der Waals surface area contributed by atoms with Gasteiger partial charge in [0.1, 0.15) is 11.4 Å². The van der Waals surface area contributed by atoms with Crippen molar-refractivity contribution in [1.29, 1.82) is 0 Å². The number of likely N-dealkylation sites (tertiary alicyclic amines) is 1. The number of amides is 2. The third-order valence-corrected chi connectivity index (χ3v) is 3.88. The summed E-state index contributed by atoms with van der Waals surface area (Å²) in [4.78, 5) is 28.2. The standard InChI is InChI=1S/C18H28N2O4/c1-18(2,3)24-17(22)20(14-15-8-7-13-23-15)12-9-16(21)19-10-5-4-6-11-19/h7-8,13H,4-6,9-12,14H2,1-3H3. The van der Waals surface area contributed by atoms with Crippen LogP contribution in [0, 0.1) is 0 Å². The van der Waals surface area contributed by atoms with Crippen LogP contribution in [0.2, 0.25) is 0 Å². The normalized spacial score (nSPS) is 15.2. The minimum Gasteiger partial charge on any atom is -0.467 e. The number of rotatable bonds is 5. The van der Waals surface area contributed by atoms with Crippen LogP contribution in [0.3, 0.4) is 0 Å². The first kappa shape index (κ1) is 18.4. The molecule has 6 heteroatoms. The van der Waals surface area contributed by atoms with Crippen molar-refractivity contribution in [2.75, 3.05) is 19.6 Å². The molecule has 1 aromatic heterocycles. The van der Waals surface area contributed by atoms with Crippen LogP contribution in [-0.2, 0) is 16.1 Å². The van der Waals surface area contributed by atoms with E-state index < -0.39 is 11.7 Å². The summed E-state index contributed by atoms with van der Waals surface area (Å²) in [5.74, 6) is 0.772. The molecule has 0 spiro atoms. The fraction of sp³-hybridized carbons (Fsp3) is 0.667. The van der Waals surface area contributed by atoms with Gasteiger partial charge in [-0.3, -0.25) is 4.79 Å². The molecule has 134 valence electrons. The van der Waals surface area contributed by atoms with Crippen molar-refractivity contribution < 1.29 is 18.7 Å². The highest BCUT2D eigenvalue weighted by molar-refractivity contribution is 5.77. The molecule has 0 unspecified atom stereocenters. The molecule has 1 saturated heterocycles. The molecule has 1 fully saturated rings. The first-order valence-electron chi connectivity index (χ1n) is 8.63. The molecule has 6 nitrogen and oxygen atoms in total. The molecular weight excluding hydrogens is 308 g/mol. The van der Waals surface area contributed by atoms with E-state index in [4.69, 9.17) is 9.15 Å². The maximum Gasteiger partial charge on any atom is 0.410 e. The van der Waals surface area contributed by atoms with Crippen molar-refractivity contribution in [3.05, 3.63) is 24.2 Å². The average molecular weight is 336 g/mol. The highest BCUT2D eigenvalue weighted by Gasteiger charge is 2.24. The summed E-state index contributed by atoms with van der Waals surface area (Å²) in [6.07, 6.45) is 4.76. The Morgan fingerprint density at radius 2 is 1.96 bits per heavy atom. The van der Waals surface area contributed by atoms with E-state index in [2.05, 4.69) is 0 Å². The van der Waals surface area contributed by atoms with Crippen LogP contribution in [0.5, 0.6) is 0 Å². The molecule has 24 heavy (non-hydrogen) atoms. The maximum atomic E-state index is 12.4. The predicted molar refractivity (Wildman–Crippen MR) is 90.4 cm³/mol. The third kappa shape index (κ3) is 5.91. The van der Waals surface area contributed by atoms with Crippen molar-refractivity contribution in [3.8, 4) is 0 Å². The van der Waals surface area contributed by atoms with Crippen LogP contribution in [0.4, 0.5) is 4.79 Å². The lowest BCUT2D eigenvalue weighted by Gasteiger charge is -2.29. The van der Waals surface area contributed by atoms with E-state index in [0.717, 1.165) is 25.9 Å². The van der Waals surface area contributed by atoms with Gasteiger partial charge in [-0.25, -0.2) is 4.79 Å². The molecular formula is C18H28N2O4. The number of carbonyl (C=O) groups excluding carboxylic acids is 2. The lowest BCUT2D eigenvalue weighted by molar-refractivity contribution is -0.132. The summed E-state index contributed by atoms with van der Waals surface area (Å²) in [7, 11) is 0. The Morgan fingerprint density at radius 3 is 2.54 bits per heavy atom. The van der Waals surface area contributed by atoms with Gasteiger partial charge in [0.15, 0.2) is 0 Å². The van der Waals surface area contributed by atoms with Crippen LogP contribution >= 0.6 is 0 Å². The van der Waals surface area contributed by atoms with Crippen molar-refractivity contribution in [2.24, 2.45) is 0 Å². The summed E-state index contributed by atoms with van der Waals surface area (Å²) in [5.41, 5.74) is -0.574. The van der Waals surface area contributed by atoms with Crippen LogP contribution < -0.4 is 0 Å². The Balaban J connectivity index is 1.94. The van der Waals surface area contributed by atoms with E-state index in [9.17, 15) is 9.59 Å². The molecule has 2 heterocycles. The highest BCUT2D eigenvalue weighted by Crippen LogP contribution is 2.15. The largest absolute Gasteiger partial charge is 0.467 e. The second-order valence-electron chi connectivity index (χ2n) is 7.17. The highest BCUT2D eigenvalue weighted by atomic mass is 16.6. The van der Waals surface area contributed by atoms with Crippen molar-refractivity contribution in [2.45, 2.75) is 58.6 Å². The topological polar surface area (TPSA) is 63.0 Å². The van der Waals surface area contributed by atoms with Gasteiger partial charge < -0.3 is 19.0 Å². The van der Waals surface area contributed by atoms with E-state index >= 15 is 0 Å². The van der Waals surface area contributed by atoms with Crippen molar-refractivity contribution >= 4 is 12.0 Å². The first-order valence-corrected chi connectivity index (χ1v) is 8.63. The number of nitrogens with zero attached hydrogens (tertiary/aromatic N) is 2. The number of piperidine rings is 1. The molecule has 2 amide bonds. The molecule has 1 aliphatic heterocycles. The van der Waals surface area contributed by atoms with E-state index in [0.29, 0.717) is 25.3 Å². The lowest BCUT2D eigenvalue weighted by atomic mass is 10.1. The fourth-order valence-corrected chi connectivity index (χ4v) is 2.68. The zero-order valence-electron chi connectivity index (χ0n) is 14.9. The van der Waals surface area contributed by atoms with E-state index in [-0.39, 0.29) is 5.91 Å². The first-order chi connectivity index (χ1) is 11.3. The molecule has 0 saturated carbocycles. The maximum absolute atomic E-state index is 12.4. The van der Waals surface area contributed by atoms with Gasteiger partial charge in [-0.05, 0) is 52.2 Å². The monoisotopic (exact) mass is 336 g/mol. The van der Waals surface area contributed by atoms with Crippen LogP contribution in [-0.4, -0.2) is 47.0 Å². The van der Waals surface area contributed by atoms with E-state index in [1.54, 1.807) is 12.3 Å². The van der Waals surface area contributed by atoms with Gasteiger partial charge >= 0.3 is 6.09 Å². The zero-order chi connectivity index (χ0) is 17.6. The predicted octanol–water partition coefficient (Wildman–Crippen LogP) is 3.42. The minimum atomic E-state index is -0.574. The fourth-order valence-electron chi connectivity index (χ4n) is 2.68. The summed E-state index contributed by atoms with van der Waals surface area (Å²) < 4.78 is 10.8. The van der Waals surface area contributed by atoms with Crippen LogP contribution in [0.1, 0.15) is 52.2 Å². The molecule has 2 rings (SSSR count). The summed E-state index contributed by atoms with van der Waals surface area (Å²) >= 11 is 0. The van der Waals surface area contributed by atoms with E-state index in [1.807, 2.05) is 31.7 Å². The zero-order valence-corrected chi connectivity index (χ0v) is 14.9. The number of ether oxygens (including phenoxy) is 1.